The second kappa shape index (κ2) is 11.2. The lowest BCUT2D eigenvalue weighted by atomic mass is 10.4. The Morgan fingerprint density at radius 2 is 1.40 bits per heavy atom. The molecule has 0 saturated carbocycles. The maximum Gasteiger partial charge on any atom is 0.320 e. The van der Waals surface area contributed by atoms with Crippen LogP contribution in [-0.2, 0) is 19.2 Å². The van der Waals surface area contributed by atoms with Crippen molar-refractivity contribution >= 4 is 35.5 Å². The minimum absolute atomic E-state index is 0.231. The lowest BCUT2D eigenvalue weighted by molar-refractivity contribution is -0.131. The van der Waals surface area contributed by atoms with Gasteiger partial charge in [0.25, 0.3) is 0 Å². The fraction of sp³-hybridized carbons (Fsp3) is 0.636. The van der Waals surface area contributed by atoms with Crippen molar-refractivity contribution in [2.45, 2.75) is 13.3 Å². The van der Waals surface area contributed by atoms with E-state index in [0.29, 0.717) is 12.2 Å². The molecule has 0 fully saturated rings. The first-order valence-electron chi connectivity index (χ1n) is 6.01. The van der Waals surface area contributed by atoms with E-state index < -0.39 is 24.4 Å². The quantitative estimate of drug-likeness (QED) is 0.354. The van der Waals surface area contributed by atoms with E-state index in [1.807, 2.05) is 12.2 Å². The maximum atomic E-state index is 11.8. The summed E-state index contributed by atoms with van der Waals surface area (Å²) >= 11 is 1.62. The number of amides is 3. The number of rotatable bonds is 10. The van der Waals surface area contributed by atoms with E-state index in [1.165, 1.54) is 0 Å². The third kappa shape index (κ3) is 11.5. The molecular weight excluding hydrogens is 289 g/mol. The minimum atomic E-state index is -1.66. The molecule has 3 N–H and O–H groups in total. The second-order valence-corrected chi connectivity index (χ2v) is 5.03. The Morgan fingerprint density at radius 1 is 0.900 bits per heavy atom. The van der Waals surface area contributed by atoms with Crippen LogP contribution in [0.25, 0.3) is 0 Å². The Balaban J connectivity index is 3.65. The zero-order valence-corrected chi connectivity index (χ0v) is 12.0. The number of carbonyl (C=O) groups is 4. The Morgan fingerprint density at radius 3 is 1.90 bits per heavy atom. The first-order valence-corrected chi connectivity index (χ1v) is 7.17. The predicted octanol–water partition coefficient (Wildman–Crippen LogP) is -1.03. The first kappa shape index (κ1) is 18.4. The molecule has 0 aromatic heterocycles. The normalized spacial score (nSPS) is 9.70. The molecule has 0 heterocycles. The first-order chi connectivity index (χ1) is 9.45. The molecule has 0 unspecified atom stereocenters. The minimum Gasteiger partial charge on any atom is -0.347 e. The summed E-state index contributed by atoms with van der Waals surface area (Å²) in [4.78, 5) is 43.5. The SMILES string of the molecule is CCSCCC(=O)NCC(=O)NCC(=O)NCC(=O)F. The fourth-order valence-corrected chi connectivity index (χ4v) is 1.67. The van der Waals surface area contributed by atoms with Gasteiger partial charge in [-0.25, -0.2) is 0 Å². The molecule has 0 aromatic rings. The Hall–Kier alpha value is -1.64. The van der Waals surface area contributed by atoms with Crippen LogP contribution in [0, 0.1) is 0 Å². The van der Waals surface area contributed by atoms with Gasteiger partial charge in [-0.15, -0.1) is 0 Å². The molecule has 7 nitrogen and oxygen atoms in total. The van der Waals surface area contributed by atoms with Gasteiger partial charge in [0.1, 0.15) is 6.54 Å². The van der Waals surface area contributed by atoms with E-state index >= 15 is 0 Å². The lowest BCUT2D eigenvalue weighted by Gasteiger charge is -2.06. The summed E-state index contributed by atoms with van der Waals surface area (Å²) in [6.45, 7) is 0.650. The van der Waals surface area contributed by atoms with Crippen molar-refractivity contribution in [1.82, 2.24) is 16.0 Å². The average molecular weight is 307 g/mol. The van der Waals surface area contributed by atoms with Crippen LogP contribution < -0.4 is 16.0 Å². The molecule has 0 radical (unpaired) electrons. The number of hydrogen-bond donors (Lipinski definition) is 3. The fourth-order valence-electron chi connectivity index (χ4n) is 1.05. The average Bonchev–Trinajstić information content (AvgIpc) is 2.40. The van der Waals surface area contributed by atoms with Crippen molar-refractivity contribution in [3.05, 3.63) is 0 Å². The van der Waals surface area contributed by atoms with Gasteiger partial charge in [-0.1, -0.05) is 6.92 Å². The molecule has 0 bridgehead atoms. The number of nitrogens with one attached hydrogen (secondary N) is 3. The van der Waals surface area contributed by atoms with E-state index in [2.05, 4.69) is 10.6 Å². The van der Waals surface area contributed by atoms with Gasteiger partial charge in [0.15, 0.2) is 0 Å². The van der Waals surface area contributed by atoms with E-state index in [0.717, 1.165) is 5.75 Å². The summed E-state index contributed by atoms with van der Waals surface area (Å²) in [6.07, 6.45) is 0.324. The van der Waals surface area contributed by atoms with E-state index in [9.17, 15) is 23.6 Å². The molecule has 20 heavy (non-hydrogen) atoms. The highest BCUT2D eigenvalue weighted by Crippen LogP contribution is 1.99. The summed E-state index contributed by atoms with van der Waals surface area (Å²) in [6, 6.07) is -1.66. The van der Waals surface area contributed by atoms with Crippen LogP contribution in [-0.4, -0.2) is 54.9 Å². The molecule has 0 saturated heterocycles. The molecule has 0 aliphatic carbocycles. The number of thioether (sulfide) groups is 1. The van der Waals surface area contributed by atoms with Crippen molar-refractivity contribution in [2.75, 3.05) is 31.1 Å². The van der Waals surface area contributed by atoms with Crippen LogP contribution in [0.4, 0.5) is 4.39 Å². The molecule has 0 aromatic carbocycles. The molecule has 114 valence electrons. The van der Waals surface area contributed by atoms with Crippen LogP contribution in [0.15, 0.2) is 0 Å². The highest BCUT2D eigenvalue weighted by atomic mass is 32.2. The molecule has 3 amide bonds. The van der Waals surface area contributed by atoms with Gasteiger partial charge >= 0.3 is 6.04 Å². The molecule has 0 aliphatic rings. The molecule has 0 rings (SSSR count). The van der Waals surface area contributed by atoms with Crippen LogP contribution in [0.1, 0.15) is 13.3 Å². The smallest absolute Gasteiger partial charge is 0.320 e. The van der Waals surface area contributed by atoms with Crippen molar-refractivity contribution in [2.24, 2.45) is 0 Å². The lowest BCUT2D eigenvalue weighted by Crippen LogP contribution is -2.42. The van der Waals surface area contributed by atoms with Gasteiger partial charge < -0.3 is 16.0 Å². The van der Waals surface area contributed by atoms with Crippen LogP contribution >= 0.6 is 11.8 Å². The zero-order chi connectivity index (χ0) is 15.4. The summed E-state index contributed by atoms with van der Waals surface area (Å²) < 4.78 is 11.8. The number of hydrogen-bond acceptors (Lipinski definition) is 5. The predicted molar refractivity (Wildman–Crippen MR) is 72.8 cm³/mol. The zero-order valence-electron chi connectivity index (χ0n) is 11.2. The molecule has 9 heteroatoms. The summed E-state index contributed by atoms with van der Waals surface area (Å²) in [7, 11) is 0. The van der Waals surface area contributed by atoms with Crippen molar-refractivity contribution in [1.29, 1.82) is 0 Å². The molecule has 0 aliphatic heterocycles. The highest BCUT2D eigenvalue weighted by Gasteiger charge is 2.08. The van der Waals surface area contributed by atoms with Crippen molar-refractivity contribution in [3.8, 4) is 0 Å². The van der Waals surface area contributed by atoms with Crippen LogP contribution in [0.5, 0.6) is 0 Å². The molecule has 0 spiro atoms. The van der Waals surface area contributed by atoms with Crippen molar-refractivity contribution in [3.63, 3.8) is 0 Å². The molecular formula is C11H18FN3O4S. The van der Waals surface area contributed by atoms with Gasteiger partial charge in [-0.2, -0.15) is 16.2 Å². The Kier molecular flexibility index (Phi) is 10.3. The largest absolute Gasteiger partial charge is 0.347 e. The topological polar surface area (TPSA) is 104 Å². The van der Waals surface area contributed by atoms with Gasteiger partial charge in [0.05, 0.1) is 13.1 Å². The number of halogens is 1. The van der Waals surface area contributed by atoms with Crippen molar-refractivity contribution < 1.29 is 23.6 Å². The summed E-state index contributed by atoms with van der Waals surface area (Å²) in [5.41, 5.74) is 0. The monoisotopic (exact) mass is 307 g/mol. The highest BCUT2D eigenvalue weighted by molar-refractivity contribution is 7.99. The van der Waals surface area contributed by atoms with E-state index in [4.69, 9.17) is 0 Å². The Labute approximate surface area is 120 Å². The van der Waals surface area contributed by atoms with E-state index in [1.54, 1.807) is 11.8 Å². The van der Waals surface area contributed by atoms with Gasteiger partial charge in [-0.05, 0) is 5.75 Å². The van der Waals surface area contributed by atoms with E-state index in [-0.39, 0.29) is 19.0 Å². The summed E-state index contributed by atoms with van der Waals surface area (Å²) in [5, 5.41) is 6.60. The second-order valence-electron chi connectivity index (χ2n) is 3.63. The Bertz CT molecular complexity index is 366. The summed E-state index contributed by atoms with van der Waals surface area (Å²) in [5.74, 6) is 0.139. The van der Waals surface area contributed by atoms with Gasteiger partial charge in [0.2, 0.25) is 17.7 Å². The third-order valence-electron chi connectivity index (χ3n) is 1.99. The standard InChI is InChI=1S/C11H18FN3O4S/c1-2-20-4-3-9(17)14-6-11(19)15-7-10(18)13-5-8(12)16/h2-7H2,1H3,(H,13,18)(H,14,17)(H,15,19). The van der Waals surface area contributed by atoms with Crippen LogP contribution in [0.2, 0.25) is 0 Å². The third-order valence-corrected chi connectivity index (χ3v) is 2.90. The van der Waals surface area contributed by atoms with Gasteiger partial charge in [-0.3, -0.25) is 19.2 Å². The van der Waals surface area contributed by atoms with Gasteiger partial charge in [0, 0.05) is 12.2 Å². The number of carbonyl (C=O) groups excluding carboxylic acids is 4. The van der Waals surface area contributed by atoms with Crippen LogP contribution in [0.3, 0.4) is 0 Å². The molecule has 0 atom stereocenters. The maximum absolute atomic E-state index is 11.8.